The molecule has 1 aromatic heterocycles. The summed E-state index contributed by atoms with van der Waals surface area (Å²) in [5.41, 5.74) is 3.33. The second-order valence-electron chi connectivity index (χ2n) is 4.50. The van der Waals surface area contributed by atoms with E-state index in [1.807, 2.05) is 24.4 Å². The van der Waals surface area contributed by atoms with Crippen LogP contribution in [0.4, 0.5) is 5.69 Å². The summed E-state index contributed by atoms with van der Waals surface area (Å²) in [7, 11) is 0. The number of hydrogen-bond acceptors (Lipinski definition) is 2. The van der Waals surface area contributed by atoms with Gasteiger partial charge in [-0.05, 0) is 42.7 Å². The molecule has 3 heteroatoms. The van der Waals surface area contributed by atoms with Crippen LogP contribution < -0.4 is 5.32 Å². The van der Waals surface area contributed by atoms with Crippen LogP contribution in [0.15, 0.2) is 53.8 Å². The largest absolute Gasteiger partial charge is 0.347 e. The Balaban J connectivity index is 2.01. The van der Waals surface area contributed by atoms with E-state index in [1.54, 1.807) is 12.5 Å². The topological polar surface area (TPSA) is 37.3 Å². The van der Waals surface area contributed by atoms with E-state index in [9.17, 15) is 0 Å². The normalized spacial score (nSPS) is 12.5. The molecular formula is C16H19N3. The minimum absolute atomic E-state index is 0.363. The Bertz CT molecular complexity index is 517. The standard InChI is InChI=1S/C16H19N3/c1-3-13(2)18-12-19-16-8-6-14(7-9-16)15-5-4-10-17-11-15/h4-13H,3H2,1-2H3,(H,18,19). The number of nitrogens with zero attached hydrogens (tertiary/aromatic N) is 2. The molecule has 3 nitrogen and oxygen atoms in total. The summed E-state index contributed by atoms with van der Waals surface area (Å²) in [4.78, 5) is 8.50. The minimum Gasteiger partial charge on any atom is -0.347 e. The Morgan fingerprint density at radius 2 is 2.00 bits per heavy atom. The average molecular weight is 253 g/mol. The van der Waals surface area contributed by atoms with Crippen molar-refractivity contribution in [1.29, 1.82) is 0 Å². The molecule has 1 atom stereocenters. The van der Waals surface area contributed by atoms with Gasteiger partial charge in [0.15, 0.2) is 0 Å². The van der Waals surface area contributed by atoms with Gasteiger partial charge in [0.05, 0.1) is 6.34 Å². The Morgan fingerprint density at radius 1 is 1.21 bits per heavy atom. The number of aliphatic imine (C=N–C) groups is 1. The van der Waals surface area contributed by atoms with Crippen molar-refractivity contribution < 1.29 is 0 Å². The highest BCUT2D eigenvalue weighted by atomic mass is 14.9. The lowest BCUT2D eigenvalue weighted by Crippen LogP contribution is -2.00. The van der Waals surface area contributed by atoms with Crippen LogP contribution in [0.5, 0.6) is 0 Å². The summed E-state index contributed by atoms with van der Waals surface area (Å²) in [5.74, 6) is 0. The quantitative estimate of drug-likeness (QED) is 0.646. The van der Waals surface area contributed by atoms with Gasteiger partial charge in [-0.15, -0.1) is 0 Å². The zero-order chi connectivity index (χ0) is 13.5. The molecule has 2 rings (SSSR count). The van der Waals surface area contributed by atoms with Crippen LogP contribution in [-0.4, -0.2) is 17.4 Å². The molecule has 0 spiro atoms. The van der Waals surface area contributed by atoms with E-state index in [0.717, 1.165) is 23.2 Å². The summed E-state index contributed by atoms with van der Waals surface area (Å²) in [6, 6.07) is 12.6. The lowest BCUT2D eigenvalue weighted by Gasteiger charge is -2.05. The van der Waals surface area contributed by atoms with Crippen LogP contribution in [0.1, 0.15) is 20.3 Å². The second-order valence-corrected chi connectivity index (χ2v) is 4.50. The van der Waals surface area contributed by atoms with Crippen LogP contribution in [0.3, 0.4) is 0 Å². The maximum Gasteiger partial charge on any atom is 0.0871 e. The lowest BCUT2D eigenvalue weighted by molar-refractivity contribution is 0.720. The minimum atomic E-state index is 0.363. The van der Waals surface area contributed by atoms with Crippen LogP contribution in [0, 0.1) is 0 Å². The van der Waals surface area contributed by atoms with E-state index in [1.165, 1.54) is 0 Å². The molecule has 0 aliphatic rings. The molecule has 0 radical (unpaired) electrons. The predicted molar refractivity (Wildman–Crippen MR) is 81.5 cm³/mol. The third-order valence-electron chi connectivity index (χ3n) is 3.03. The van der Waals surface area contributed by atoms with Crippen LogP contribution in [0.25, 0.3) is 11.1 Å². The van der Waals surface area contributed by atoms with Gasteiger partial charge in [-0.25, -0.2) is 0 Å². The Labute approximate surface area is 114 Å². The molecule has 98 valence electrons. The van der Waals surface area contributed by atoms with E-state index in [2.05, 4.69) is 47.3 Å². The zero-order valence-corrected chi connectivity index (χ0v) is 11.4. The van der Waals surface area contributed by atoms with Crippen molar-refractivity contribution in [3.63, 3.8) is 0 Å². The van der Waals surface area contributed by atoms with E-state index in [-0.39, 0.29) is 0 Å². The van der Waals surface area contributed by atoms with Gasteiger partial charge in [0, 0.05) is 24.1 Å². The van der Waals surface area contributed by atoms with E-state index in [0.29, 0.717) is 6.04 Å². The van der Waals surface area contributed by atoms with Gasteiger partial charge in [0.2, 0.25) is 0 Å². The summed E-state index contributed by atoms with van der Waals surface area (Å²) >= 11 is 0. The smallest absolute Gasteiger partial charge is 0.0871 e. The molecule has 2 aromatic rings. The van der Waals surface area contributed by atoms with Crippen molar-refractivity contribution >= 4 is 12.0 Å². The first-order chi connectivity index (χ1) is 9.29. The zero-order valence-electron chi connectivity index (χ0n) is 11.4. The van der Waals surface area contributed by atoms with Gasteiger partial charge < -0.3 is 5.32 Å². The number of nitrogens with one attached hydrogen (secondary N) is 1. The Morgan fingerprint density at radius 3 is 2.63 bits per heavy atom. The van der Waals surface area contributed by atoms with Crippen molar-refractivity contribution in [3.05, 3.63) is 48.8 Å². The first-order valence-corrected chi connectivity index (χ1v) is 6.58. The molecule has 19 heavy (non-hydrogen) atoms. The SMILES string of the molecule is CCC(C)N=CNc1ccc(-c2cccnc2)cc1. The number of pyridine rings is 1. The molecule has 1 N–H and O–H groups in total. The molecule has 0 aliphatic heterocycles. The summed E-state index contributed by atoms with van der Waals surface area (Å²) in [6.45, 7) is 4.23. The third kappa shape index (κ3) is 3.91. The van der Waals surface area contributed by atoms with Crippen molar-refractivity contribution in [2.24, 2.45) is 4.99 Å². The van der Waals surface area contributed by atoms with E-state index in [4.69, 9.17) is 0 Å². The average Bonchev–Trinajstić information content (AvgIpc) is 2.48. The Hall–Kier alpha value is -2.16. The number of anilines is 1. The number of hydrogen-bond donors (Lipinski definition) is 1. The van der Waals surface area contributed by atoms with Crippen LogP contribution in [0.2, 0.25) is 0 Å². The monoisotopic (exact) mass is 253 g/mol. The van der Waals surface area contributed by atoms with Gasteiger partial charge in [-0.1, -0.05) is 25.1 Å². The maximum absolute atomic E-state index is 4.37. The predicted octanol–water partition coefficient (Wildman–Crippen LogP) is 3.99. The molecule has 0 amide bonds. The molecule has 0 fully saturated rings. The summed E-state index contributed by atoms with van der Waals surface area (Å²) in [6.07, 6.45) is 6.48. The molecule has 1 heterocycles. The van der Waals surface area contributed by atoms with Gasteiger partial charge >= 0.3 is 0 Å². The fraction of sp³-hybridized carbons (Fsp3) is 0.250. The van der Waals surface area contributed by atoms with Crippen molar-refractivity contribution in [3.8, 4) is 11.1 Å². The molecule has 0 bridgehead atoms. The molecule has 0 saturated heterocycles. The Kier molecular flexibility index (Phi) is 4.67. The van der Waals surface area contributed by atoms with Gasteiger partial charge in [0.25, 0.3) is 0 Å². The first-order valence-electron chi connectivity index (χ1n) is 6.58. The summed E-state index contributed by atoms with van der Waals surface area (Å²) in [5, 5.41) is 3.18. The van der Waals surface area contributed by atoms with E-state index < -0.39 is 0 Å². The molecule has 1 aromatic carbocycles. The van der Waals surface area contributed by atoms with Gasteiger partial charge in [-0.3, -0.25) is 9.98 Å². The highest BCUT2D eigenvalue weighted by Gasteiger charge is 1.97. The molecule has 1 unspecified atom stereocenters. The first kappa shape index (κ1) is 13.3. The lowest BCUT2D eigenvalue weighted by atomic mass is 10.1. The van der Waals surface area contributed by atoms with Crippen LogP contribution >= 0.6 is 0 Å². The number of benzene rings is 1. The molecular weight excluding hydrogens is 234 g/mol. The van der Waals surface area contributed by atoms with E-state index >= 15 is 0 Å². The highest BCUT2D eigenvalue weighted by molar-refractivity contribution is 5.77. The number of aromatic nitrogens is 1. The fourth-order valence-corrected chi connectivity index (χ4v) is 1.64. The van der Waals surface area contributed by atoms with Gasteiger partial charge in [0.1, 0.15) is 0 Å². The molecule has 0 aliphatic carbocycles. The summed E-state index contributed by atoms with van der Waals surface area (Å²) < 4.78 is 0. The van der Waals surface area contributed by atoms with Crippen LogP contribution in [-0.2, 0) is 0 Å². The fourth-order valence-electron chi connectivity index (χ4n) is 1.64. The van der Waals surface area contributed by atoms with Crippen molar-refractivity contribution in [2.45, 2.75) is 26.3 Å². The van der Waals surface area contributed by atoms with Crippen molar-refractivity contribution in [2.75, 3.05) is 5.32 Å². The maximum atomic E-state index is 4.37. The van der Waals surface area contributed by atoms with Crippen molar-refractivity contribution in [1.82, 2.24) is 4.98 Å². The second kappa shape index (κ2) is 6.69. The third-order valence-corrected chi connectivity index (χ3v) is 3.03. The molecule has 0 saturated carbocycles. The number of rotatable bonds is 5. The van der Waals surface area contributed by atoms with Gasteiger partial charge in [-0.2, -0.15) is 0 Å². The highest BCUT2D eigenvalue weighted by Crippen LogP contribution is 2.19.